The molecule has 1 amide bonds. The number of hydrogen-bond donors (Lipinski definition) is 2. The number of rotatable bonds is 3. The van der Waals surface area contributed by atoms with Crippen LogP contribution in [0.4, 0.5) is 5.82 Å². The Balaban J connectivity index is 1.78. The number of hydrogen-bond acceptors (Lipinski definition) is 4. The van der Waals surface area contributed by atoms with Crippen molar-refractivity contribution in [2.75, 3.05) is 5.32 Å². The normalized spacial score (nSPS) is 10.4. The van der Waals surface area contributed by atoms with Crippen molar-refractivity contribution in [1.82, 2.24) is 24.7 Å². The zero-order chi connectivity index (χ0) is 13.9. The van der Waals surface area contributed by atoms with Gasteiger partial charge >= 0.3 is 0 Å². The Kier molecular flexibility index (Phi) is 3.00. The first-order valence-corrected chi connectivity index (χ1v) is 6.00. The highest BCUT2D eigenvalue weighted by Crippen LogP contribution is 2.11. The number of aromatic amines is 1. The smallest absolute Gasteiger partial charge is 0.258 e. The molecule has 3 rings (SSSR count). The summed E-state index contributed by atoms with van der Waals surface area (Å²) in [5.74, 6) is 1.06. The molecule has 0 radical (unpaired) electrons. The Hall–Kier alpha value is -2.96. The van der Waals surface area contributed by atoms with Crippen LogP contribution >= 0.6 is 0 Å². The van der Waals surface area contributed by atoms with Crippen LogP contribution < -0.4 is 5.32 Å². The molecular formula is C13H12N6O. The fourth-order valence-corrected chi connectivity index (χ4v) is 1.73. The molecule has 3 aromatic rings. The van der Waals surface area contributed by atoms with Crippen molar-refractivity contribution in [2.24, 2.45) is 0 Å². The predicted octanol–water partition coefficient (Wildman–Crippen LogP) is 1.55. The molecule has 0 aliphatic carbocycles. The van der Waals surface area contributed by atoms with Crippen LogP contribution in [-0.2, 0) is 0 Å². The minimum Gasteiger partial charge on any atom is -0.307 e. The minimum absolute atomic E-state index is 0.234. The Labute approximate surface area is 114 Å². The average molecular weight is 268 g/mol. The van der Waals surface area contributed by atoms with Crippen molar-refractivity contribution in [1.29, 1.82) is 0 Å². The topological polar surface area (TPSA) is 88.5 Å². The molecule has 0 saturated carbocycles. The number of anilines is 1. The van der Waals surface area contributed by atoms with Crippen LogP contribution in [0.1, 0.15) is 15.9 Å². The maximum atomic E-state index is 12.0. The number of H-pyrrole nitrogens is 1. The van der Waals surface area contributed by atoms with Crippen molar-refractivity contribution < 1.29 is 4.79 Å². The molecule has 7 nitrogen and oxygen atoms in total. The molecule has 0 aromatic carbocycles. The standard InChI is InChI=1S/C13H12N6O/c1-9-6-16-18-12(9)17-13(20)10-2-3-11(15-7-10)19-5-4-14-8-19/h2-8H,1H3,(H2,16,17,18,20). The first-order chi connectivity index (χ1) is 9.74. The molecule has 0 saturated heterocycles. The van der Waals surface area contributed by atoms with Crippen molar-refractivity contribution >= 4 is 11.7 Å². The highest BCUT2D eigenvalue weighted by atomic mass is 16.1. The molecule has 0 fully saturated rings. The van der Waals surface area contributed by atoms with E-state index < -0.39 is 0 Å². The largest absolute Gasteiger partial charge is 0.307 e. The summed E-state index contributed by atoms with van der Waals surface area (Å²) in [7, 11) is 0. The number of carbonyl (C=O) groups is 1. The molecule has 0 aliphatic heterocycles. The van der Waals surface area contributed by atoms with E-state index in [1.54, 1.807) is 41.6 Å². The lowest BCUT2D eigenvalue weighted by molar-refractivity contribution is 0.102. The van der Waals surface area contributed by atoms with Gasteiger partial charge < -0.3 is 5.32 Å². The van der Waals surface area contributed by atoms with Gasteiger partial charge in [0.1, 0.15) is 18.0 Å². The molecule has 2 N–H and O–H groups in total. The second kappa shape index (κ2) is 4.96. The summed E-state index contributed by atoms with van der Waals surface area (Å²) in [4.78, 5) is 20.2. The summed E-state index contributed by atoms with van der Waals surface area (Å²) in [6.45, 7) is 1.86. The van der Waals surface area contributed by atoms with Gasteiger partial charge in [-0.3, -0.25) is 14.5 Å². The van der Waals surface area contributed by atoms with Gasteiger partial charge in [0, 0.05) is 24.2 Å². The van der Waals surface area contributed by atoms with Gasteiger partial charge in [-0.1, -0.05) is 0 Å². The minimum atomic E-state index is -0.234. The van der Waals surface area contributed by atoms with E-state index in [2.05, 4.69) is 25.5 Å². The lowest BCUT2D eigenvalue weighted by atomic mass is 10.2. The Bertz CT molecular complexity index is 714. The first kappa shape index (κ1) is 12.1. The monoisotopic (exact) mass is 268 g/mol. The second-order valence-electron chi connectivity index (χ2n) is 4.26. The van der Waals surface area contributed by atoms with E-state index in [9.17, 15) is 4.79 Å². The molecule has 0 aliphatic rings. The summed E-state index contributed by atoms with van der Waals surface area (Å²) in [5.41, 5.74) is 1.35. The number of pyridine rings is 1. The SMILES string of the molecule is Cc1cn[nH]c1NC(=O)c1ccc(-n2ccnc2)nc1. The van der Waals surface area contributed by atoms with E-state index in [-0.39, 0.29) is 5.91 Å². The molecule has 0 unspecified atom stereocenters. The third-order valence-corrected chi connectivity index (χ3v) is 2.85. The summed E-state index contributed by atoms with van der Waals surface area (Å²) < 4.78 is 1.76. The lowest BCUT2D eigenvalue weighted by Crippen LogP contribution is -2.13. The van der Waals surface area contributed by atoms with Crippen molar-refractivity contribution in [2.45, 2.75) is 6.92 Å². The molecular weight excluding hydrogens is 256 g/mol. The van der Waals surface area contributed by atoms with Gasteiger partial charge in [-0.15, -0.1) is 0 Å². The third-order valence-electron chi connectivity index (χ3n) is 2.85. The van der Waals surface area contributed by atoms with E-state index in [0.717, 1.165) is 5.56 Å². The molecule has 0 atom stereocenters. The van der Waals surface area contributed by atoms with Gasteiger partial charge in [0.15, 0.2) is 0 Å². The zero-order valence-electron chi connectivity index (χ0n) is 10.7. The fraction of sp³-hybridized carbons (Fsp3) is 0.0769. The maximum absolute atomic E-state index is 12.0. The molecule has 3 aromatic heterocycles. The van der Waals surface area contributed by atoms with E-state index >= 15 is 0 Å². The second-order valence-corrected chi connectivity index (χ2v) is 4.26. The van der Waals surface area contributed by atoms with Gasteiger partial charge in [-0.2, -0.15) is 5.10 Å². The van der Waals surface area contributed by atoms with Crippen LogP contribution in [-0.4, -0.2) is 30.6 Å². The number of nitrogens with one attached hydrogen (secondary N) is 2. The fourth-order valence-electron chi connectivity index (χ4n) is 1.73. The number of amides is 1. The van der Waals surface area contributed by atoms with Gasteiger partial charge in [-0.25, -0.2) is 9.97 Å². The Morgan fingerprint density at radius 1 is 1.35 bits per heavy atom. The molecule has 0 bridgehead atoms. The number of carbonyl (C=O) groups excluding carboxylic acids is 1. The number of aromatic nitrogens is 5. The van der Waals surface area contributed by atoms with Gasteiger partial charge in [0.2, 0.25) is 0 Å². The van der Waals surface area contributed by atoms with E-state index in [4.69, 9.17) is 0 Å². The molecule has 100 valence electrons. The van der Waals surface area contributed by atoms with E-state index in [1.807, 2.05) is 6.92 Å². The van der Waals surface area contributed by atoms with E-state index in [0.29, 0.717) is 17.2 Å². The number of nitrogens with zero attached hydrogens (tertiary/aromatic N) is 4. The first-order valence-electron chi connectivity index (χ1n) is 6.00. The Morgan fingerprint density at radius 2 is 2.25 bits per heavy atom. The molecule has 3 heterocycles. The quantitative estimate of drug-likeness (QED) is 0.754. The van der Waals surface area contributed by atoms with Crippen LogP contribution in [0.5, 0.6) is 0 Å². The summed E-state index contributed by atoms with van der Waals surface area (Å²) in [6, 6.07) is 3.47. The van der Waals surface area contributed by atoms with Gasteiger partial charge in [0.25, 0.3) is 5.91 Å². The van der Waals surface area contributed by atoms with Crippen LogP contribution in [0.2, 0.25) is 0 Å². The van der Waals surface area contributed by atoms with Gasteiger partial charge in [-0.05, 0) is 19.1 Å². The highest BCUT2D eigenvalue weighted by molar-refractivity contribution is 6.03. The zero-order valence-corrected chi connectivity index (χ0v) is 10.7. The summed E-state index contributed by atoms with van der Waals surface area (Å²) in [5, 5.41) is 9.32. The van der Waals surface area contributed by atoms with E-state index in [1.165, 1.54) is 6.20 Å². The number of imidazole rings is 1. The van der Waals surface area contributed by atoms with Crippen LogP contribution in [0.15, 0.2) is 43.2 Å². The van der Waals surface area contributed by atoms with Gasteiger partial charge in [0.05, 0.1) is 11.8 Å². The van der Waals surface area contributed by atoms with Crippen molar-refractivity contribution in [3.05, 3.63) is 54.4 Å². The lowest BCUT2D eigenvalue weighted by Gasteiger charge is -2.05. The summed E-state index contributed by atoms with van der Waals surface area (Å²) >= 11 is 0. The average Bonchev–Trinajstić information content (AvgIpc) is 3.12. The van der Waals surface area contributed by atoms with Crippen LogP contribution in [0.3, 0.4) is 0 Å². The molecule has 0 spiro atoms. The van der Waals surface area contributed by atoms with Crippen LogP contribution in [0, 0.1) is 6.92 Å². The molecule has 7 heteroatoms. The maximum Gasteiger partial charge on any atom is 0.258 e. The predicted molar refractivity (Wildman–Crippen MR) is 72.6 cm³/mol. The molecule has 20 heavy (non-hydrogen) atoms. The van der Waals surface area contributed by atoms with Crippen molar-refractivity contribution in [3.8, 4) is 5.82 Å². The summed E-state index contributed by atoms with van der Waals surface area (Å²) in [6.07, 6.45) is 8.28. The highest BCUT2D eigenvalue weighted by Gasteiger charge is 2.09. The van der Waals surface area contributed by atoms with Crippen molar-refractivity contribution in [3.63, 3.8) is 0 Å². The third kappa shape index (κ3) is 2.28. The van der Waals surface area contributed by atoms with Crippen LogP contribution in [0.25, 0.3) is 5.82 Å². The number of aryl methyl sites for hydroxylation is 1. The Morgan fingerprint density at radius 3 is 2.85 bits per heavy atom.